The number of nitrogens with zero attached hydrogens (tertiary/aromatic N) is 3. The maximum atomic E-state index is 12.2. The van der Waals surface area contributed by atoms with Crippen molar-refractivity contribution in [1.29, 1.82) is 0 Å². The van der Waals surface area contributed by atoms with E-state index in [0.29, 0.717) is 12.1 Å². The number of amides is 1. The Bertz CT molecular complexity index is 833. The fraction of sp³-hybridized carbons (Fsp3) is 0.235. The van der Waals surface area contributed by atoms with Gasteiger partial charge in [0.15, 0.2) is 0 Å². The van der Waals surface area contributed by atoms with E-state index in [1.54, 1.807) is 17.5 Å². The summed E-state index contributed by atoms with van der Waals surface area (Å²) in [7, 11) is 0. The molecule has 1 amide bonds. The maximum Gasteiger partial charge on any atom is 0.251 e. The lowest BCUT2D eigenvalue weighted by Gasteiger charge is -2.07. The highest BCUT2D eigenvalue weighted by molar-refractivity contribution is 7.11. The number of aromatic nitrogens is 3. The van der Waals surface area contributed by atoms with Crippen molar-refractivity contribution in [3.63, 3.8) is 0 Å². The Hall–Kier alpha value is -2.47. The van der Waals surface area contributed by atoms with Gasteiger partial charge in [0.1, 0.15) is 0 Å². The van der Waals surface area contributed by atoms with Crippen molar-refractivity contribution in [3.8, 4) is 5.69 Å². The highest BCUT2D eigenvalue weighted by atomic mass is 32.1. The lowest BCUT2D eigenvalue weighted by atomic mass is 10.2. The number of benzene rings is 1. The summed E-state index contributed by atoms with van der Waals surface area (Å²) < 4.78 is 1.87. The van der Waals surface area contributed by atoms with Gasteiger partial charge in [0.05, 0.1) is 22.9 Å². The van der Waals surface area contributed by atoms with Crippen LogP contribution in [0.4, 0.5) is 0 Å². The predicted octanol–water partition coefficient (Wildman–Crippen LogP) is 3.18. The molecule has 0 saturated heterocycles. The zero-order valence-corrected chi connectivity index (χ0v) is 14.1. The molecule has 1 aromatic carbocycles. The van der Waals surface area contributed by atoms with E-state index < -0.39 is 0 Å². The molecular formula is C17H18N4OS. The van der Waals surface area contributed by atoms with Crippen LogP contribution in [0.1, 0.15) is 31.6 Å². The fourth-order valence-electron chi connectivity index (χ4n) is 2.40. The van der Waals surface area contributed by atoms with E-state index in [0.717, 1.165) is 27.0 Å². The Morgan fingerprint density at radius 2 is 1.96 bits per heavy atom. The molecule has 3 aromatic rings. The van der Waals surface area contributed by atoms with Crippen molar-refractivity contribution < 1.29 is 4.79 Å². The van der Waals surface area contributed by atoms with Crippen LogP contribution in [0.5, 0.6) is 0 Å². The SMILES string of the molecule is Cc1cc(C)n(-c2ccc(C(=O)NCc3cnc(C)s3)cc2)n1. The molecule has 118 valence electrons. The number of carbonyl (C=O) groups excluding carboxylic acids is 1. The van der Waals surface area contributed by atoms with Crippen molar-refractivity contribution in [2.24, 2.45) is 0 Å². The first kappa shape index (κ1) is 15.4. The van der Waals surface area contributed by atoms with Crippen molar-refractivity contribution >= 4 is 17.2 Å². The second-order valence-electron chi connectivity index (χ2n) is 5.41. The Morgan fingerprint density at radius 1 is 1.22 bits per heavy atom. The molecule has 3 rings (SSSR count). The molecule has 0 spiro atoms. The fourth-order valence-corrected chi connectivity index (χ4v) is 3.14. The average molecular weight is 326 g/mol. The zero-order valence-electron chi connectivity index (χ0n) is 13.3. The average Bonchev–Trinajstić information content (AvgIpc) is 3.10. The largest absolute Gasteiger partial charge is 0.347 e. The molecule has 1 N–H and O–H groups in total. The van der Waals surface area contributed by atoms with Gasteiger partial charge in [-0.05, 0) is 51.1 Å². The Kier molecular flexibility index (Phi) is 4.25. The molecule has 5 nitrogen and oxygen atoms in total. The Morgan fingerprint density at radius 3 is 2.52 bits per heavy atom. The van der Waals surface area contributed by atoms with Crippen molar-refractivity contribution in [3.05, 3.63) is 63.4 Å². The first-order chi connectivity index (χ1) is 11.0. The number of hydrogen-bond donors (Lipinski definition) is 1. The monoisotopic (exact) mass is 326 g/mol. The van der Waals surface area contributed by atoms with Crippen molar-refractivity contribution in [2.75, 3.05) is 0 Å². The highest BCUT2D eigenvalue weighted by Crippen LogP contribution is 2.14. The number of aryl methyl sites for hydroxylation is 3. The van der Waals surface area contributed by atoms with E-state index in [-0.39, 0.29) is 5.91 Å². The molecule has 0 aliphatic carbocycles. The van der Waals surface area contributed by atoms with Gasteiger partial charge in [0.25, 0.3) is 5.91 Å². The van der Waals surface area contributed by atoms with E-state index in [1.165, 1.54) is 0 Å². The van der Waals surface area contributed by atoms with Gasteiger partial charge >= 0.3 is 0 Å². The number of thiazole rings is 1. The number of hydrogen-bond acceptors (Lipinski definition) is 4. The van der Waals surface area contributed by atoms with Gasteiger partial charge in [-0.2, -0.15) is 5.10 Å². The predicted molar refractivity (Wildman–Crippen MR) is 91.1 cm³/mol. The van der Waals surface area contributed by atoms with Crippen LogP contribution in [-0.2, 0) is 6.54 Å². The first-order valence-electron chi connectivity index (χ1n) is 7.36. The lowest BCUT2D eigenvalue weighted by Crippen LogP contribution is -2.22. The highest BCUT2D eigenvalue weighted by Gasteiger charge is 2.08. The molecule has 0 aliphatic heterocycles. The van der Waals surface area contributed by atoms with Crippen LogP contribution in [0.25, 0.3) is 5.69 Å². The quantitative estimate of drug-likeness (QED) is 0.801. The van der Waals surface area contributed by atoms with Crippen LogP contribution in [0.2, 0.25) is 0 Å². The molecule has 0 unspecified atom stereocenters. The van der Waals surface area contributed by atoms with E-state index in [2.05, 4.69) is 15.4 Å². The number of nitrogens with one attached hydrogen (secondary N) is 1. The summed E-state index contributed by atoms with van der Waals surface area (Å²) >= 11 is 1.59. The summed E-state index contributed by atoms with van der Waals surface area (Å²) in [6, 6.07) is 9.48. The third-order valence-electron chi connectivity index (χ3n) is 3.48. The van der Waals surface area contributed by atoms with Gasteiger partial charge in [-0.15, -0.1) is 11.3 Å². The van der Waals surface area contributed by atoms with Crippen LogP contribution >= 0.6 is 11.3 Å². The number of carbonyl (C=O) groups is 1. The Balaban J connectivity index is 1.69. The van der Waals surface area contributed by atoms with Gasteiger partial charge in [0.2, 0.25) is 0 Å². The minimum absolute atomic E-state index is 0.0871. The minimum atomic E-state index is -0.0871. The molecule has 2 aromatic heterocycles. The van der Waals surface area contributed by atoms with Crippen LogP contribution < -0.4 is 5.32 Å². The second kappa shape index (κ2) is 6.34. The number of rotatable bonds is 4. The van der Waals surface area contributed by atoms with Gasteiger partial charge < -0.3 is 5.32 Å². The van der Waals surface area contributed by atoms with Crippen molar-refractivity contribution in [2.45, 2.75) is 27.3 Å². The van der Waals surface area contributed by atoms with Gasteiger partial charge in [-0.1, -0.05) is 0 Å². The van der Waals surface area contributed by atoms with Gasteiger partial charge in [-0.3, -0.25) is 4.79 Å². The summed E-state index contributed by atoms with van der Waals surface area (Å²) in [5.74, 6) is -0.0871. The normalized spacial score (nSPS) is 10.7. The lowest BCUT2D eigenvalue weighted by molar-refractivity contribution is 0.0951. The summed E-state index contributed by atoms with van der Waals surface area (Å²) in [4.78, 5) is 17.4. The third kappa shape index (κ3) is 3.48. The first-order valence-corrected chi connectivity index (χ1v) is 8.18. The standard InChI is InChI=1S/C17H18N4OS/c1-11-8-12(2)21(20-11)15-6-4-14(5-7-15)17(22)19-10-16-9-18-13(3)23-16/h4-9H,10H2,1-3H3,(H,19,22). The Labute approximate surface area is 139 Å². The van der Waals surface area contributed by atoms with E-state index >= 15 is 0 Å². The molecule has 6 heteroatoms. The van der Waals surface area contributed by atoms with Gasteiger partial charge in [-0.25, -0.2) is 9.67 Å². The molecule has 23 heavy (non-hydrogen) atoms. The van der Waals surface area contributed by atoms with Crippen LogP contribution in [-0.4, -0.2) is 20.7 Å². The van der Waals surface area contributed by atoms with Gasteiger partial charge in [0, 0.05) is 22.3 Å². The summed E-state index contributed by atoms with van der Waals surface area (Å²) in [6.45, 7) is 6.43. The second-order valence-corrected chi connectivity index (χ2v) is 6.73. The van der Waals surface area contributed by atoms with E-state index in [1.807, 2.05) is 55.8 Å². The van der Waals surface area contributed by atoms with Crippen LogP contribution in [0, 0.1) is 20.8 Å². The summed E-state index contributed by atoms with van der Waals surface area (Å²) in [5, 5.41) is 8.36. The van der Waals surface area contributed by atoms with E-state index in [9.17, 15) is 4.79 Å². The summed E-state index contributed by atoms with van der Waals surface area (Å²) in [6.07, 6.45) is 1.80. The van der Waals surface area contributed by atoms with Crippen LogP contribution in [0.15, 0.2) is 36.5 Å². The molecule has 0 radical (unpaired) electrons. The molecule has 0 bridgehead atoms. The smallest absolute Gasteiger partial charge is 0.251 e. The zero-order chi connectivity index (χ0) is 16.4. The molecule has 0 atom stereocenters. The molecular weight excluding hydrogens is 308 g/mol. The summed E-state index contributed by atoms with van der Waals surface area (Å²) in [5.41, 5.74) is 3.63. The molecule has 0 fully saturated rings. The topological polar surface area (TPSA) is 59.8 Å². The van der Waals surface area contributed by atoms with E-state index in [4.69, 9.17) is 0 Å². The minimum Gasteiger partial charge on any atom is -0.347 e. The third-order valence-corrected chi connectivity index (χ3v) is 4.39. The van der Waals surface area contributed by atoms with Crippen molar-refractivity contribution in [1.82, 2.24) is 20.1 Å². The van der Waals surface area contributed by atoms with Crippen LogP contribution in [0.3, 0.4) is 0 Å². The molecule has 0 saturated carbocycles. The molecule has 0 aliphatic rings. The molecule has 2 heterocycles. The maximum absolute atomic E-state index is 12.2.